The predicted molar refractivity (Wildman–Crippen MR) is 55.3 cm³/mol. The number of carbonyl (C=O) groups is 2. The van der Waals surface area contributed by atoms with Crippen molar-refractivity contribution in [3.8, 4) is 0 Å². The Morgan fingerprint density at radius 3 is 2.27 bits per heavy atom. The summed E-state index contributed by atoms with van der Waals surface area (Å²) in [6.07, 6.45) is 0.548. The minimum absolute atomic E-state index is 0.0183. The fourth-order valence-electron chi connectivity index (χ4n) is 0.889. The van der Waals surface area contributed by atoms with E-state index in [-0.39, 0.29) is 18.8 Å². The Labute approximate surface area is 90.2 Å². The molecule has 0 atom stereocenters. The molecule has 0 aliphatic heterocycles. The molecule has 1 N–H and O–H groups in total. The molecule has 0 spiro atoms. The van der Waals surface area contributed by atoms with Crippen LogP contribution >= 0.6 is 0 Å². The van der Waals surface area contributed by atoms with Crippen molar-refractivity contribution in [3.05, 3.63) is 0 Å². The molecule has 0 aliphatic rings. The second-order valence-electron chi connectivity index (χ2n) is 4.48. The molecule has 0 fully saturated rings. The van der Waals surface area contributed by atoms with Gasteiger partial charge in [0.25, 0.3) is 0 Å². The first kappa shape index (κ1) is 13.9. The van der Waals surface area contributed by atoms with Gasteiger partial charge in [-0.3, -0.25) is 9.59 Å². The Hall–Kier alpha value is -1.10. The van der Waals surface area contributed by atoms with E-state index < -0.39 is 5.97 Å². The summed E-state index contributed by atoms with van der Waals surface area (Å²) in [5, 5.41) is 8.35. The van der Waals surface area contributed by atoms with Crippen LogP contribution in [0.5, 0.6) is 0 Å². The monoisotopic (exact) mass is 218 g/mol. The molecule has 5 heteroatoms. The third-order valence-electron chi connectivity index (χ3n) is 1.80. The number of likely N-dealkylation sites (N-methyl/N-ethyl adjacent to an activating group) is 1. The van der Waals surface area contributed by atoms with Crippen LogP contribution in [0.4, 0.5) is 0 Å². The van der Waals surface area contributed by atoms with E-state index in [4.69, 9.17) is 9.84 Å². The molecule has 0 heterocycles. The highest BCUT2D eigenvalue weighted by Gasteiger charge is 2.09. The summed E-state index contributed by atoms with van der Waals surface area (Å²) in [7, 11) is 6.04. The maximum Gasteiger partial charge on any atom is 0.306 e. The van der Waals surface area contributed by atoms with Crippen molar-refractivity contribution < 1.29 is 23.9 Å². The normalized spacial score (nSPS) is 11.1. The number of esters is 1. The lowest BCUT2D eigenvalue weighted by atomic mass is 10.2. The Morgan fingerprint density at radius 2 is 1.80 bits per heavy atom. The number of rotatable bonds is 7. The first-order valence-corrected chi connectivity index (χ1v) is 4.99. The first-order chi connectivity index (χ1) is 6.81. The minimum atomic E-state index is -0.880. The van der Waals surface area contributed by atoms with Gasteiger partial charge in [-0.1, -0.05) is 0 Å². The highest BCUT2D eigenvalue weighted by Crippen LogP contribution is 1.98. The third kappa shape index (κ3) is 10.8. The van der Waals surface area contributed by atoms with Gasteiger partial charge in [-0.15, -0.1) is 0 Å². The summed E-state index contributed by atoms with van der Waals surface area (Å²) in [4.78, 5) is 21.3. The average Bonchev–Trinajstić information content (AvgIpc) is 2.00. The van der Waals surface area contributed by atoms with Gasteiger partial charge in [0.15, 0.2) is 0 Å². The number of carboxylic acids is 1. The number of carboxylic acid groups (broad SMARTS) is 1. The van der Waals surface area contributed by atoms with E-state index in [0.29, 0.717) is 13.0 Å². The largest absolute Gasteiger partial charge is 0.481 e. The van der Waals surface area contributed by atoms with E-state index in [2.05, 4.69) is 0 Å². The lowest BCUT2D eigenvalue weighted by molar-refractivity contribution is -0.870. The van der Waals surface area contributed by atoms with Gasteiger partial charge < -0.3 is 14.3 Å². The van der Waals surface area contributed by atoms with Crippen molar-refractivity contribution in [1.29, 1.82) is 0 Å². The van der Waals surface area contributed by atoms with Gasteiger partial charge in [-0.2, -0.15) is 0 Å². The maximum absolute atomic E-state index is 11.1. The van der Waals surface area contributed by atoms with Gasteiger partial charge in [-0.05, 0) is 6.42 Å². The van der Waals surface area contributed by atoms with Gasteiger partial charge in [0.1, 0.15) is 13.2 Å². The van der Waals surface area contributed by atoms with Crippen LogP contribution in [0.3, 0.4) is 0 Å². The standard InChI is InChI=1S/C10H19NO4/c1-11(2,3)7-8-15-10(14)6-4-5-9(12)13/h4-8H2,1-3H3/p+1. The summed E-state index contributed by atoms with van der Waals surface area (Å²) >= 11 is 0. The summed E-state index contributed by atoms with van der Waals surface area (Å²) < 4.78 is 5.69. The first-order valence-electron chi connectivity index (χ1n) is 4.99. The van der Waals surface area contributed by atoms with Crippen LogP contribution in [0.1, 0.15) is 19.3 Å². The quantitative estimate of drug-likeness (QED) is 0.499. The minimum Gasteiger partial charge on any atom is -0.481 e. The molecule has 0 saturated heterocycles. The zero-order valence-electron chi connectivity index (χ0n) is 9.65. The van der Waals surface area contributed by atoms with E-state index >= 15 is 0 Å². The maximum atomic E-state index is 11.1. The lowest BCUT2D eigenvalue weighted by Gasteiger charge is -2.23. The summed E-state index contributed by atoms with van der Waals surface area (Å²) in [6, 6.07) is 0. The number of hydrogen-bond acceptors (Lipinski definition) is 3. The zero-order chi connectivity index (χ0) is 11.9. The number of hydrogen-bond donors (Lipinski definition) is 1. The van der Waals surface area contributed by atoms with Crippen LogP contribution in [0, 0.1) is 0 Å². The van der Waals surface area contributed by atoms with Crippen molar-refractivity contribution in [2.75, 3.05) is 34.3 Å². The number of aliphatic carboxylic acids is 1. The van der Waals surface area contributed by atoms with Crippen molar-refractivity contribution >= 4 is 11.9 Å². The molecule has 0 rings (SSSR count). The fraction of sp³-hybridized carbons (Fsp3) is 0.800. The highest BCUT2D eigenvalue weighted by atomic mass is 16.5. The molecule has 88 valence electrons. The molecule has 15 heavy (non-hydrogen) atoms. The predicted octanol–water partition coefficient (Wildman–Crippen LogP) is 0.491. The average molecular weight is 218 g/mol. The van der Waals surface area contributed by atoms with Crippen molar-refractivity contribution in [2.45, 2.75) is 19.3 Å². The molecule has 0 bridgehead atoms. The Kier molecular flexibility index (Phi) is 5.93. The van der Waals surface area contributed by atoms with Crippen molar-refractivity contribution in [2.24, 2.45) is 0 Å². The number of carbonyl (C=O) groups excluding carboxylic acids is 1. The molecule has 0 saturated carbocycles. The van der Waals surface area contributed by atoms with E-state index in [1.807, 2.05) is 21.1 Å². The molecule has 0 unspecified atom stereocenters. The zero-order valence-corrected chi connectivity index (χ0v) is 9.65. The Balaban J connectivity index is 3.46. The Bertz CT molecular complexity index is 220. The topological polar surface area (TPSA) is 63.6 Å². The van der Waals surface area contributed by atoms with Crippen LogP contribution in [-0.4, -0.2) is 55.8 Å². The molecular weight excluding hydrogens is 198 g/mol. The summed E-state index contributed by atoms with van der Waals surface area (Å²) in [6.45, 7) is 1.14. The van der Waals surface area contributed by atoms with E-state index in [0.717, 1.165) is 11.0 Å². The van der Waals surface area contributed by atoms with Crippen LogP contribution in [0.15, 0.2) is 0 Å². The molecule has 0 aromatic rings. The summed E-state index contributed by atoms with van der Waals surface area (Å²) in [5.74, 6) is -1.20. The van der Waals surface area contributed by atoms with E-state index in [9.17, 15) is 9.59 Å². The van der Waals surface area contributed by atoms with Gasteiger partial charge in [0.2, 0.25) is 0 Å². The Morgan fingerprint density at radius 1 is 1.20 bits per heavy atom. The highest BCUT2D eigenvalue weighted by molar-refractivity contribution is 5.71. The molecule has 0 radical (unpaired) electrons. The van der Waals surface area contributed by atoms with Crippen LogP contribution in [-0.2, 0) is 14.3 Å². The fourth-order valence-corrected chi connectivity index (χ4v) is 0.889. The lowest BCUT2D eigenvalue weighted by Crippen LogP contribution is -2.38. The molecule has 0 aliphatic carbocycles. The third-order valence-corrected chi connectivity index (χ3v) is 1.80. The van der Waals surface area contributed by atoms with Gasteiger partial charge in [-0.25, -0.2) is 0 Å². The van der Waals surface area contributed by atoms with Crippen molar-refractivity contribution in [1.82, 2.24) is 0 Å². The van der Waals surface area contributed by atoms with Gasteiger partial charge >= 0.3 is 11.9 Å². The van der Waals surface area contributed by atoms with E-state index in [1.54, 1.807) is 0 Å². The van der Waals surface area contributed by atoms with Gasteiger partial charge in [0.05, 0.1) is 21.1 Å². The van der Waals surface area contributed by atoms with E-state index in [1.165, 1.54) is 0 Å². The second-order valence-corrected chi connectivity index (χ2v) is 4.48. The number of ether oxygens (including phenoxy) is 1. The molecule has 5 nitrogen and oxygen atoms in total. The summed E-state index contributed by atoms with van der Waals surface area (Å²) in [5.41, 5.74) is 0. The van der Waals surface area contributed by atoms with Crippen LogP contribution in [0.25, 0.3) is 0 Å². The molecule has 0 aromatic carbocycles. The van der Waals surface area contributed by atoms with Crippen molar-refractivity contribution in [3.63, 3.8) is 0 Å². The molecule has 0 aromatic heterocycles. The van der Waals surface area contributed by atoms with Crippen LogP contribution in [0.2, 0.25) is 0 Å². The number of nitrogens with zero attached hydrogens (tertiary/aromatic N) is 1. The molecule has 0 amide bonds. The molecular formula is C10H20NO4+. The van der Waals surface area contributed by atoms with Crippen LogP contribution < -0.4 is 0 Å². The smallest absolute Gasteiger partial charge is 0.306 e. The SMILES string of the molecule is C[N+](C)(C)CCOC(=O)CCCC(=O)O. The van der Waals surface area contributed by atoms with Gasteiger partial charge in [0, 0.05) is 12.8 Å². The number of quaternary nitrogens is 1. The second kappa shape index (κ2) is 6.40.